The van der Waals surface area contributed by atoms with E-state index in [9.17, 15) is 43.2 Å². The minimum Gasteiger partial charge on any atom is -0.462 e. The first-order chi connectivity index (χ1) is 48.7. The monoisotopic (exact) mass is 1450 g/mol. The minimum atomic E-state index is -4.98. The summed E-state index contributed by atoms with van der Waals surface area (Å²) in [6.45, 7) is 4.59. The fourth-order valence-electron chi connectivity index (χ4n) is 10.2. The average molecular weight is 1450 g/mol. The molecule has 0 aromatic carbocycles. The summed E-state index contributed by atoms with van der Waals surface area (Å²) >= 11 is 0. The number of allylic oxidation sites excluding steroid dienone is 18. The van der Waals surface area contributed by atoms with Crippen LogP contribution in [0.15, 0.2) is 109 Å². The summed E-state index contributed by atoms with van der Waals surface area (Å²) < 4.78 is 68.5. The second-order valence-electron chi connectivity index (χ2n) is 25.9. The second kappa shape index (κ2) is 73.0. The van der Waals surface area contributed by atoms with Crippen LogP contribution in [0.1, 0.15) is 323 Å². The zero-order valence-corrected chi connectivity index (χ0v) is 64.6. The number of hydrogen-bond donors (Lipinski definition) is 3. The van der Waals surface area contributed by atoms with Crippen LogP contribution in [0.3, 0.4) is 0 Å². The Kier molecular flexibility index (Phi) is 69.9. The van der Waals surface area contributed by atoms with Crippen molar-refractivity contribution in [3.05, 3.63) is 109 Å². The van der Waals surface area contributed by atoms with Crippen molar-refractivity contribution in [3.8, 4) is 0 Å². The van der Waals surface area contributed by atoms with Gasteiger partial charge >= 0.3 is 39.5 Å². The van der Waals surface area contributed by atoms with Crippen molar-refractivity contribution >= 4 is 39.5 Å². The van der Waals surface area contributed by atoms with Gasteiger partial charge in [0, 0.05) is 25.7 Å². The van der Waals surface area contributed by atoms with E-state index >= 15 is 0 Å². The summed E-state index contributed by atoms with van der Waals surface area (Å²) in [7, 11) is -9.96. The largest absolute Gasteiger partial charge is 0.472 e. The van der Waals surface area contributed by atoms with Crippen LogP contribution in [0.5, 0.6) is 0 Å². The van der Waals surface area contributed by atoms with E-state index in [0.29, 0.717) is 25.7 Å². The number of hydrogen-bond acceptors (Lipinski definition) is 15. The van der Waals surface area contributed by atoms with E-state index in [1.54, 1.807) is 0 Å². The maximum Gasteiger partial charge on any atom is 0.472 e. The Morgan fingerprint density at radius 3 is 0.850 bits per heavy atom. The molecule has 0 aromatic rings. The molecule has 0 aliphatic rings. The van der Waals surface area contributed by atoms with Gasteiger partial charge in [-0.3, -0.25) is 37.3 Å². The number of rotatable bonds is 73. The summed E-state index contributed by atoms with van der Waals surface area (Å²) in [6.07, 6.45) is 77.9. The van der Waals surface area contributed by atoms with Crippen LogP contribution in [0.4, 0.5) is 0 Å². The van der Waals surface area contributed by atoms with Crippen molar-refractivity contribution in [1.82, 2.24) is 0 Å². The molecular weight excluding hydrogens is 1310 g/mol. The van der Waals surface area contributed by atoms with Crippen LogP contribution >= 0.6 is 15.6 Å². The molecule has 0 aromatic heterocycles. The number of phosphoric acid groups is 2. The normalized spacial score (nSPS) is 14.5. The lowest BCUT2D eigenvalue weighted by atomic mass is 10.1. The minimum absolute atomic E-state index is 0.0737. The van der Waals surface area contributed by atoms with Crippen LogP contribution in [0, 0.1) is 0 Å². The predicted octanol–water partition coefficient (Wildman–Crippen LogP) is 22.6. The van der Waals surface area contributed by atoms with Crippen LogP contribution in [0.25, 0.3) is 0 Å². The Labute approximate surface area is 607 Å². The lowest BCUT2D eigenvalue weighted by Gasteiger charge is -2.21. The van der Waals surface area contributed by atoms with Gasteiger partial charge in [-0.25, -0.2) is 9.13 Å². The Morgan fingerprint density at radius 2 is 0.540 bits per heavy atom. The maximum atomic E-state index is 13.1. The molecule has 0 fully saturated rings. The van der Waals surface area contributed by atoms with Gasteiger partial charge in [0.05, 0.1) is 26.4 Å². The molecule has 0 saturated carbocycles. The average Bonchev–Trinajstić information content (AvgIpc) is 0.935. The van der Waals surface area contributed by atoms with Crippen LogP contribution in [-0.2, 0) is 65.4 Å². The van der Waals surface area contributed by atoms with Gasteiger partial charge in [-0.15, -0.1) is 0 Å². The van der Waals surface area contributed by atoms with Crippen molar-refractivity contribution in [3.63, 3.8) is 0 Å². The fourth-order valence-corrected chi connectivity index (χ4v) is 11.8. The number of aliphatic hydroxyl groups is 1. The Morgan fingerprint density at radius 1 is 0.290 bits per heavy atom. The molecule has 0 aliphatic heterocycles. The zero-order valence-electron chi connectivity index (χ0n) is 62.8. The van der Waals surface area contributed by atoms with Gasteiger partial charge in [-0.05, 0) is 141 Å². The van der Waals surface area contributed by atoms with Crippen molar-refractivity contribution in [1.29, 1.82) is 0 Å². The highest BCUT2D eigenvalue weighted by Gasteiger charge is 2.30. The van der Waals surface area contributed by atoms with E-state index < -0.39 is 97.5 Å². The van der Waals surface area contributed by atoms with Crippen molar-refractivity contribution in [2.24, 2.45) is 0 Å². The van der Waals surface area contributed by atoms with Crippen molar-refractivity contribution in [2.45, 2.75) is 341 Å². The molecule has 0 saturated heterocycles. The van der Waals surface area contributed by atoms with Crippen molar-refractivity contribution < 1.29 is 80.2 Å². The second-order valence-corrected chi connectivity index (χ2v) is 28.8. The first kappa shape index (κ1) is 95.7. The predicted molar refractivity (Wildman–Crippen MR) is 408 cm³/mol. The molecule has 3 N–H and O–H groups in total. The smallest absolute Gasteiger partial charge is 0.462 e. The van der Waals surface area contributed by atoms with E-state index in [0.717, 1.165) is 205 Å². The highest BCUT2D eigenvalue weighted by Crippen LogP contribution is 2.45. The van der Waals surface area contributed by atoms with Crippen LogP contribution in [0.2, 0.25) is 0 Å². The molecule has 0 bridgehead atoms. The molecule has 0 rings (SSSR count). The van der Waals surface area contributed by atoms with E-state index in [-0.39, 0.29) is 25.7 Å². The van der Waals surface area contributed by atoms with Gasteiger partial charge in [-0.2, -0.15) is 0 Å². The number of phosphoric ester groups is 2. The molecule has 0 heterocycles. The van der Waals surface area contributed by atoms with Gasteiger partial charge in [0.1, 0.15) is 19.3 Å². The van der Waals surface area contributed by atoms with Crippen LogP contribution in [-0.4, -0.2) is 96.7 Å². The fraction of sp³-hybridized carbons (Fsp3) is 0.728. The van der Waals surface area contributed by atoms with E-state index in [1.165, 1.54) is 38.5 Å². The third-order valence-corrected chi connectivity index (χ3v) is 18.1. The number of esters is 4. The molecule has 100 heavy (non-hydrogen) atoms. The lowest BCUT2D eigenvalue weighted by molar-refractivity contribution is -0.161. The SMILES string of the molecule is CC/C=C\C/C=C\C/C=C\C/C=C\CCCCCCCCC(=O)OCC(COP(=O)(O)OCC(O)COP(=O)(O)OCC(COC(=O)CCCCCCC/C=C\CCCCCCCC)OC(=O)CCCCCCC/C=C\C/C=C\CCC)OC(=O)CCCCCCC/C=C\C/C=C\CCC. The molecule has 0 spiro atoms. The number of carbonyl (C=O) groups is 4. The molecule has 19 heteroatoms. The van der Waals surface area contributed by atoms with Crippen LogP contribution < -0.4 is 0 Å². The van der Waals surface area contributed by atoms with Gasteiger partial charge in [-0.1, -0.05) is 265 Å². The van der Waals surface area contributed by atoms with Gasteiger partial charge in [0.15, 0.2) is 12.2 Å². The van der Waals surface area contributed by atoms with Crippen molar-refractivity contribution in [2.75, 3.05) is 39.6 Å². The van der Waals surface area contributed by atoms with E-state index in [4.69, 9.17) is 37.0 Å². The highest BCUT2D eigenvalue weighted by atomic mass is 31.2. The first-order valence-corrected chi connectivity index (χ1v) is 42.1. The van der Waals surface area contributed by atoms with Gasteiger partial charge in [0.25, 0.3) is 0 Å². The Bertz CT molecular complexity index is 2320. The number of aliphatic hydroxyl groups excluding tert-OH is 1. The number of ether oxygens (including phenoxy) is 4. The maximum absolute atomic E-state index is 13.1. The number of unbranched alkanes of at least 4 members (excludes halogenated alkanes) is 29. The summed E-state index contributed by atoms with van der Waals surface area (Å²) in [5.41, 5.74) is 0. The topological polar surface area (TPSA) is 237 Å². The molecule has 0 amide bonds. The third kappa shape index (κ3) is 72.1. The van der Waals surface area contributed by atoms with Gasteiger partial charge < -0.3 is 33.8 Å². The molecule has 5 unspecified atom stereocenters. The third-order valence-electron chi connectivity index (χ3n) is 16.2. The quantitative estimate of drug-likeness (QED) is 0.0169. The molecule has 17 nitrogen and oxygen atoms in total. The Hall–Kier alpha value is -4.28. The highest BCUT2D eigenvalue weighted by molar-refractivity contribution is 7.47. The van der Waals surface area contributed by atoms with Gasteiger partial charge in [0.2, 0.25) is 0 Å². The molecule has 0 aliphatic carbocycles. The zero-order chi connectivity index (χ0) is 73.2. The molecular formula is C81H140O17P2. The summed E-state index contributed by atoms with van der Waals surface area (Å²) in [5.74, 6) is -2.22. The lowest BCUT2D eigenvalue weighted by Crippen LogP contribution is -2.30. The first-order valence-electron chi connectivity index (χ1n) is 39.1. The summed E-state index contributed by atoms with van der Waals surface area (Å²) in [6, 6.07) is 0. The van der Waals surface area contributed by atoms with E-state index in [2.05, 4.69) is 137 Å². The molecule has 5 atom stereocenters. The molecule has 0 radical (unpaired) electrons. The summed E-state index contributed by atoms with van der Waals surface area (Å²) in [5, 5.41) is 10.6. The summed E-state index contributed by atoms with van der Waals surface area (Å²) in [4.78, 5) is 72.9. The molecule has 576 valence electrons. The number of carbonyl (C=O) groups excluding carboxylic acids is 4. The van der Waals surface area contributed by atoms with E-state index in [1.807, 2.05) is 0 Å². The standard InChI is InChI=1S/C81H140O17P2/c1-5-9-13-17-21-25-29-33-35-36-37-38-40-44-46-50-54-58-62-66-79(84)92-72-77(98-81(86)68-64-60-56-52-48-42-32-28-24-20-16-12-8-4)74-96-100(89,90)94-70-75(82)69-93-99(87,88)95-73-76(97-80(85)67-63-59-55-51-47-41-31-27-23-19-15-11-7-3)71-91-78(83)65-61-57-53-49-45-43-39-34-30-26-22-18-14-10-6-2/h9,13,15-16,19-21,25,27-28,31-35,37-39,75-77,82H,5-8,10-12,14,17-18,22-24,26,29-30,36,40-74H2,1-4H3,(H,87,88)(H,89,90)/b13-9-,19-15-,20-16-,25-21-,31-27-,32-28-,35-33-,38-37-,39-34-. The Balaban J connectivity index is 5.35.